The fourth-order valence-electron chi connectivity index (χ4n) is 3.44. The van der Waals surface area contributed by atoms with Crippen molar-refractivity contribution < 1.29 is 23.6 Å². The minimum Gasteiger partial charge on any atom is -0.496 e. The second-order valence-corrected chi connectivity index (χ2v) is 8.99. The van der Waals surface area contributed by atoms with Gasteiger partial charge in [0.1, 0.15) is 24.9 Å². The molecule has 1 unspecified atom stereocenters. The maximum atomic E-state index is 12.7. The summed E-state index contributed by atoms with van der Waals surface area (Å²) in [7, 11) is 0.642. The number of rotatable bonds is 10. The number of methoxy groups -OCH3 is 2. The molecule has 0 bridgehead atoms. The predicted molar refractivity (Wildman–Crippen MR) is 117 cm³/mol. The normalized spacial score (nSPS) is 11.8. The van der Waals surface area contributed by atoms with Gasteiger partial charge in [0.2, 0.25) is 5.52 Å². The first-order chi connectivity index (χ1) is 13.8. The van der Waals surface area contributed by atoms with Crippen molar-refractivity contribution in [3.8, 4) is 11.5 Å². The lowest BCUT2D eigenvalue weighted by Gasteiger charge is -2.13. The summed E-state index contributed by atoms with van der Waals surface area (Å²) >= 11 is 0. The maximum Gasteiger partial charge on any atom is 0.219 e. The van der Waals surface area contributed by atoms with Crippen molar-refractivity contribution >= 4 is 19.1 Å². The Bertz CT molecular complexity index is 888. The van der Waals surface area contributed by atoms with Crippen LogP contribution in [0.15, 0.2) is 30.3 Å². The van der Waals surface area contributed by atoms with Gasteiger partial charge in [0.05, 0.1) is 14.2 Å². The van der Waals surface area contributed by atoms with Gasteiger partial charge in [-0.1, -0.05) is 18.2 Å². The summed E-state index contributed by atoms with van der Waals surface area (Å²) in [4.78, 5) is 25.3. The van der Waals surface area contributed by atoms with Gasteiger partial charge in [0, 0.05) is 18.1 Å². The van der Waals surface area contributed by atoms with E-state index in [1.54, 1.807) is 12.1 Å². The van der Waals surface area contributed by atoms with Crippen LogP contribution in [0.3, 0.4) is 0 Å². The maximum absolute atomic E-state index is 12.7. The number of benzene rings is 2. The molecule has 6 heteroatoms. The third kappa shape index (κ3) is 5.57. The molecule has 0 radical (unpaired) electrons. The van der Waals surface area contributed by atoms with E-state index in [4.69, 9.17) is 9.47 Å². The van der Waals surface area contributed by atoms with E-state index in [1.807, 2.05) is 39.0 Å². The standard InChI is InChI=1S/C23H29O5P/c1-15-13-19(27-4)22(20(14-15)28-5)18(24)11-6-7-12-29(26)23(25)21-16(2)9-8-10-17(21)3/h8-10,13-14,29H,6-7,11-12H2,1-5H3. The first-order valence-electron chi connectivity index (χ1n) is 9.69. The van der Waals surface area contributed by atoms with E-state index >= 15 is 0 Å². The molecule has 1 atom stereocenters. The van der Waals surface area contributed by atoms with Gasteiger partial charge in [0.25, 0.3) is 0 Å². The minimum absolute atomic E-state index is 0.0838. The largest absolute Gasteiger partial charge is 0.496 e. The monoisotopic (exact) mass is 416 g/mol. The Morgan fingerprint density at radius 3 is 1.97 bits per heavy atom. The van der Waals surface area contributed by atoms with Gasteiger partial charge in [-0.15, -0.1) is 0 Å². The lowest BCUT2D eigenvalue weighted by molar-refractivity contribution is 0.0973. The SMILES string of the molecule is COc1cc(C)cc(OC)c1C(=O)CCCC[PH](=O)C(=O)c1c(C)cccc1C. The highest BCUT2D eigenvalue weighted by Crippen LogP contribution is 2.33. The second kappa shape index (κ2) is 10.4. The van der Waals surface area contributed by atoms with Crippen molar-refractivity contribution in [2.24, 2.45) is 0 Å². The number of hydrogen-bond donors (Lipinski definition) is 0. The highest BCUT2D eigenvalue weighted by Gasteiger charge is 2.20. The molecule has 2 aromatic carbocycles. The van der Waals surface area contributed by atoms with E-state index in [9.17, 15) is 14.2 Å². The van der Waals surface area contributed by atoms with Crippen LogP contribution in [-0.2, 0) is 4.57 Å². The van der Waals surface area contributed by atoms with Crippen LogP contribution in [0, 0.1) is 20.8 Å². The van der Waals surface area contributed by atoms with Crippen molar-refractivity contribution in [3.05, 3.63) is 58.1 Å². The summed E-state index contributed by atoms with van der Waals surface area (Å²) in [5.74, 6) is 0.899. The van der Waals surface area contributed by atoms with Gasteiger partial charge in [-0.3, -0.25) is 9.59 Å². The van der Waals surface area contributed by atoms with Crippen molar-refractivity contribution in [2.75, 3.05) is 20.4 Å². The van der Waals surface area contributed by atoms with Crippen LogP contribution in [0.1, 0.15) is 56.7 Å². The summed E-state index contributed by atoms with van der Waals surface area (Å²) in [6.07, 6.45) is 1.70. The van der Waals surface area contributed by atoms with E-state index in [1.165, 1.54) is 14.2 Å². The molecule has 0 amide bonds. The number of hydrogen-bond acceptors (Lipinski definition) is 5. The van der Waals surface area contributed by atoms with Gasteiger partial charge in [0.15, 0.2) is 5.78 Å². The predicted octanol–water partition coefficient (Wildman–Crippen LogP) is 5.38. The molecule has 0 saturated carbocycles. The zero-order chi connectivity index (χ0) is 21.6. The van der Waals surface area contributed by atoms with Crippen LogP contribution >= 0.6 is 7.80 Å². The summed E-state index contributed by atoms with van der Waals surface area (Å²) in [5.41, 5.74) is 3.38. The molecular weight excluding hydrogens is 387 g/mol. The number of aryl methyl sites for hydroxylation is 3. The molecule has 0 fully saturated rings. The quantitative estimate of drug-likeness (QED) is 0.295. The van der Waals surface area contributed by atoms with E-state index in [0.717, 1.165) is 16.7 Å². The zero-order valence-corrected chi connectivity index (χ0v) is 18.8. The Balaban J connectivity index is 1.97. The second-order valence-electron chi connectivity index (χ2n) is 7.19. The lowest BCUT2D eigenvalue weighted by atomic mass is 10.0. The molecular formula is C23H29O5P. The average molecular weight is 416 g/mol. The fourth-order valence-corrected chi connectivity index (χ4v) is 4.91. The number of Topliss-reactive ketones (excluding diaryl/α,β-unsaturated/α-hetero) is 1. The molecule has 0 aromatic heterocycles. The van der Waals surface area contributed by atoms with Gasteiger partial charge >= 0.3 is 0 Å². The highest BCUT2D eigenvalue weighted by molar-refractivity contribution is 7.64. The van der Waals surface area contributed by atoms with Crippen molar-refractivity contribution in [1.29, 1.82) is 0 Å². The van der Waals surface area contributed by atoms with Crippen LogP contribution < -0.4 is 9.47 Å². The van der Waals surface area contributed by atoms with E-state index < -0.39 is 7.80 Å². The highest BCUT2D eigenvalue weighted by atomic mass is 31.1. The summed E-state index contributed by atoms with van der Waals surface area (Å²) in [6, 6.07) is 9.21. The number of unbranched alkanes of at least 4 members (excludes halogenated alkanes) is 1. The summed E-state index contributed by atoms with van der Waals surface area (Å²) < 4.78 is 23.2. The number of carbonyl (C=O) groups is 2. The molecule has 0 aliphatic heterocycles. The zero-order valence-electron chi connectivity index (χ0n) is 17.8. The number of ether oxygens (including phenoxy) is 2. The number of carbonyl (C=O) groups excluding carboxylic acids is 2. The Kier molecular flexibility index (Phi) is 8.21. The van der Waals surface area contributed by atoms with Gasteiger partial charge in [-0.25, -0.2) is 0 Å². The van der Waals surface area contributed by atoms with E-state index in [-0.39, 0.29) is 17.7 Å². The molecule has 2 aromatic rings. The topological polar surface area (TPSA) is 69.7 Å². The van der Waals surface area contributed by atoms with Crippen LogP contribution in [0.2, 0.25) is 0 Å². The van der Waals surface area contributed by atoms with Crippen molar-refractivity contribution in [1.82, 2.24) is 0 Å². The molecule has 0 spiro atoms. The molecule has 0 aliphatic rings. The Hall–Kier alpha value is -2.39. The third-order valence-corrected chi connectivity index (χ3v) is 6.51. The smallest absolute Gasteiger partial charge is 0.219 e. The first kappa shape index (κ1) is 22.9. The van der Waals surface area contributed by atoms with Gasteiger partial charge < -0.3 is 14.0 Å². The Labute approximate surface area is 173 Å². The van der Waals surface area contributed by atoms with Crippen LogP contribution in [0.25, 0.3) is 0 Å². The summed E-state index contributed by atoms with van der Waals surface area (Å²) in [6.45, 7) is 5.62. The first-order valence-corrected chi connectivity index (χ1v) is 11.3. The summed E-state index contributed by atoms with van der Waals surface area (Å²) in [5, 5.41) is 0. The van der Waals surface area contributed by atoms with Crippen molar-refractivity contribution in [3.63, 3.8) is 0 Å². The third-order valence-electron chi connectivity index (χ3n) is 4.95. The van der Waals surface area contributed by atoms with Crippen LogP contribution in [0.4, 0.5) is 0 Å². The Morgan fingerprint density at radius 1 is 0.897 bits per heavy atom. The average Bonchev–Trinajstić information content (AvgIpc) is 2.69. The van der Waals surface area contributed by atoms with Crippen molar-refractivity contribution in [2.45, 2.75) is 40.0 Å². The van der Waals surface area contributed by atoms with Gasteiger partial charge in [-0.2, -0.15) is 0 Å². The van der Waals surface area contributed by atoms with Gasteiger partial charge in [-0.05, 0) is 62.4 Å². The van der Waals surface area contributed by atoms with E-state index in [2.05, 4.69) is 0 Å². The Morgan fingerprint density at radius 2 is 1.45 bits per heavy atom. The van der Waals surface area contributed by atoms with E-state index in [0.29, 0.717) is 41.6 Å². The molecule has 5 nitrogen and oxygen atoms in total. The molecule has 0 saturated heterocycles. The molecule has 0 aliphatic carbocycles. The molecule has 0 heterocycles. The molecule has 29 heavy (non-hydrogen) atoms. The molecule has 0 N–H and O–H groups in total. The minimum atomic E-state index is -2.41. The molecule has 156 valence electrons. The van der Waals surface area contributed by atoms with Crippen LogP contribution in [-0.4, -0.2) is 31.7 Å². The molecule has 2 rings (SSSR count). The lowest BCUT2D eigenvalue weighted by Crippen LogP contribution is -2.06. The number of ketones is 1. The van der Waals surface area contributed by atoms with Crippen LogP contribution in [0.5, 0.6) is 11.5 Å². The fraction of sp³-hybridized carbons (Fsp3) is 0.391.